The number of benzene rings is 1. The molecule has 2 heterocycles. The Bertz CT molecular complexity index is 572. The van der Waals surface area contributed by atoms with Crippen LogP contribution < -0.4 is 0 Å². The van der Waals surface area contributed by atoms with Crippen LogP contribution in [-0.4, -0.2) is 63.5 Å². The van der Waals surface area contributed by atoms with Gasteiger partial charge >= 0.3 is 0 Å². The van der Waals surface area contributed by atoms with Crippen molar-refractivity contribution in [3.8, 4) is 0 Å². The summed E-state index contributed by atoms with van der Waals surface area (Å²) in [5.41, 5.74) is 1.35. The van der Waals surface area contributed by atoms with E-state index in [1.165, 1.54) is 5.56 Å². The lowest BCUT2D eigenvalue weighted by Crippen LogP contribution is -2.53. The first-order chi connectivity index (χ1) is 11.8. The number of hydrogen-bond acceptors (Lipinski definition) is 4. The summed E-state index contributed by atoms with van der Waals surface area (Å²) in [4.78, 5) is 5.06. The molecule has 1 aromatic heterocycles. The molecule has 1 saturated heterocycles. The molecule has 0 bridgehead atoms. The molecule has 1 aliphatic heterocycles. The van der Waals surface area contributed by atoms with Gasteiger partial charge in [-0.1, -0.05) is 30.3 Å². The summed E-state index contributed by atoms with van der Waals surface area (Å²) in [7, 11) is 0. The van der Waals surface area contributed by atoms with Crippen molar-refractivity contribution in [1.29, 1.82) is 0 Å². The number of aliphatic hydroxyl groups is 1. The largest absolute Gasteiger partial charge is 0.396 e. The number of nitrogens with zero attached hydrogens (tertiary/aromatic N) is 4. The molecule has 0 radical (unpaired) electrons. The summed E-state index contributed by atoms with van der Waals surface area (Å²) < 4.78 is 2.00. The fourth-order valence-corrected chi connectivity index (χ4v) is 3.50. The lowest BCUT2D eigenvalue weighted by molar-refractivity contribution is 0.0526. The second kappa shape index (κ2) is 8.97. The zero-order chi connectivity index (χ0) is 16.6. The molecular formula is C19H28N4O. The fraction of sp³-hybridized carbons (Fsp3) is 0.526. The van der Waals surface area contributed by atoms with E-state index in [4.69, 9.17) is 0 Å². The van der Waals surface area contributed by atoms with Crippen molar-refractivity contribution in [3.05, 3.63) is 54.4 Å². The summed E-state index contributed by atoms with van der Waals surface area (Å²) in [5, 5.41) is 13.7. The Kier molecular flexibility index (Phi) is 6.41. The van der Waals surface area contributed by atoms with Crippen LogP contribution in [0.25, 0.3) is 0 Å². The van der Waals surface area contributed by atoms with Crippen molar-refractivity contribution in [3.63, 3.8) is 0 Å². The van der Waals surface area contributed by atoms with Gasteiger partial charge in [0, 0.05) is 64.3 Å². The van der Waals surface area contributed by atoms with Crippen LogP contribution in [0.4, 0.5) is 0 Å². The van der Waals surface area contributed by atoms with Crippen molar-refractivity contribution in [1.82, 2.24) is 19.6 Å². The molecule has 0 unspecified atom stereocenters. The van der Waals surface area contributed by atoms with E-state index < -0.39 is 0 Å². The van der Waals surface area contributed by atoms with Crippen LogP contribution >= 0.6 is 0 Å². The normalized spacial score (nSPS) is 19.6. The van der Waals surface area contributed by atoms with E-state index in [-0.39, 0.29) is 6.61 Å². The molecule has 5 nitrogen and oxygen atoms in total. The first-order valence-corrected chi connectivity index (χ1v) is 8.94. The quantitative estimate of drug-likeness (QED) is 0.803. The molecule has 0 amide bonds. The van der Waals surface area contributed by atoms with E-state index in [0.717, 1.165) is 52.1 Å². The van der Waals surface area contributed by atoms with E-state index in [0.29, 0.717) is 6.04 Å². The Balaban J connectivity index is 1.49. The molecule has 3 rings (SSSR count). The van der Waals surface area contributed by atoms with E-state index in [9.17, 15) is 5.11 Å². The number of aryl methyl sites for hydroxylation is 1. The predicted octanol–water partition coefficient (Wildman–Crippen LogP) is 1.84. The highest BCUT2D eigenvalue weighted by Gasteiger charge is 2.26. The number of aromatic nitrogens is 2. The van der Waals surface area contributed by atoms with Crippen LogP contribution in [0.1, 0.15) is 18.4 Å². The third-order valence-corrected chi connectivity index (χ3v) is 4.80. The minimum atomic E-state index is 0.261. The van der Waals surface area contributed by atoms with E-state index in [1.54, 1.807) is 0 Å². The Morgan fingerprint density at radius 2 is 1.96 bits per heavy atom. The van der Waals surface area contributed by atoms with Gasteiger partial charge in [-0.25, -0.2) is 0 Å². The van der Waals surface area contributed by atoms with Gasteiger partial charge in [-0.05, 0) is 24.5 Å². The van der Waals surface area contributed by atoms with Gasteiger partial charge in [-0.3, -0.25) is 9.58 Å². The standard InChI is InChI=1S/C19H28N4O/c24-15-8-19-17-21(10-5-12-23-11-4-9-20-23)13-14-22(19)16-18-6-2-1-3-7-18/h1-4,6-7,9,11,19,24H,5,8,10,12-17H2/t19-/m0/s1. The molecule has 1 fully saturated rings. The van der Waals surface area contributed by atoms with Gasteiger partial charge in [0.05, 0.1) is 0 Å². The molecule has 1 N–H and O–H groups in total. The molecule has 5 heteroatoms. The van der Waals surface area contributed by atoms with Gasteiger partial charge in [0.15, 0.2) is 0 Å². The first-order valence-electron chi connectivity index (χ1n) is 8.94. The van der Waals surface area contributed by atoms with Crippen LogP contribution in [0.2, 0.25) is 0 Å². The van der Waals surface area contributed by atoms with Gasteiger partial charge in [0.1, 0.15) is 0 Å². The summed E-state index contributed by atoms with van der Waals surface area (Å²) in [6.07, 6.45) is 5.82. The second-order valence-electron chi connectivity index (χ2n) is 6.55. The Labute approximate surface area is 144 Å². The monoisotopic (exact) mass is 328 g/mol. The highest BCUT2D eigenvalue weighted by Crippen LogP contribution is 2.16. The summed E-state index contributed by atoms with van der Waals surface area (Å²) in [6.45, 7) is 6.54. The van der Waals surface area contributed by atoms with Crippen LogP contribution in [0.5, 0.6) is 0 Å². The van der Waals surface area contributed by atoms with Crippen LogP contribution in [-0.2, 0) is 13.1 Å². The number of aliphatic hydroxyl groups excluding tert-OH is 1. The predicted molar refractivity (Wildman–Crippen MR) is 95.6 cm³/mol. The number of piperazine rings is 1. The maximum Gasteiger partial charge on any atom is 0.0489 e. The summed E-state index contributed by atoms with van der Waals surface area (Å²) in [5.74, 6) is 0. The molecule has 24 heavy (non-hydrogen) atoms. The zero-order valence-electron chi connectivity index (χ0n) is 14.3. The fourth-order valence-electron chi connectivity index (χ4n) is 3.50. The Hall–Kier alpha value is -1.69. The average molecular weight is 328 g/mol. The molecular weight excluding hydrogens is 300 g/mol. The van der Waals surface area contributed by atoms with Crippen molar-refractivity contribution >= 4 is 0 Å². The van der Waals surface area contributed by atoms with E-state index >= 15 is 0 Å². The van der Waals surface area contributed by atoms with Gasteiger partial charge < -0.3 is 10.0 Å². The zero-order valence-corrected chi connectivity index (χ0v) is 14.3. The SMILES string of the molecule is OCC[C@H]1CN(CCCn2cccn2)CCN1Cc1ccccc1. The molecule has 0 aliphatic carbocycles. The molecule has 130 valence electrons. The Morgan fingerprint density at radius 1 is 1.08 bits per heavy atom. The highest BCUT2D eigenvalue weighted by molar-refractivity contribution is 5.14. The van der Waals surface area contributed by atoms with Gasteiger partial charge in [-0.2, -0.15) is 5.10 Å². The average Bonchev–Trinajstić information content (AvgIpc) is 3.12. The molecule has 1 aliphatic rings. The smallest absolute Gasteiger partial charge is 0.0489 e. The van der Waals surface area contributed by atoms with Crippen molar-refractivity contribution in [2.75, 3.05) is 32.8 Å². The summed E-state index contributed by atoms with van der Waals surface area (Å²) >= 11 is 0. The minimum absolute atomic E-state index is 0.261. The van der Waals surface area contributed by atoms with E-state index in [1.807, 2.05) is 23.1 Å². The van der Waals surface area contributed by atoms with Gasteiger partial charge in [0.25, 0.3) is 0 Å². The Morgan fingerprint density at radius 3 is 2.71 bits per heavy atom. The minimum Gasteiger partial charge on any atom is -0.396 e. The maximum atomic E-state index is 9.43. The topological polar surface area (TPSA) is 44.5 Å². The molecule has 0 spiro atoms. The van der Waals surface area contributed by atoms with E-state index in [2.05, 4.69) is 45.2 Å². The number of rotatable bonds is 8. The molecule has 1 atom stereocenters. The lowest BCUT2D eigenvalue weighted by atomic mass is 10.1. The summed E-state index contributed by atoms with van der Waals surface area (Å²) in [6, 6.07) is 13.0. The van der Waals surface area contributed by atoms with Crippen LogP contribution in [0.15, 0.2) is 48.8 Å². The maximum absolute atomic E-state index is 9.43. The van der Waals surface area contributed by atoms with Crippen molar-refractivity contribution < 1.29 is 5.11 Å². The first kappa shape index (κ1) is 17.1. The molecule has 0 saturated carbocycles. The third kappa shape index (κ3) is 4.90. The second-order valence-corrected chi connectivity index (χ2v) is 6.55. The van der Waals surface area contributed by atoms with Gasteiger partial charge in [-0.15, -0.1) is 0 Å². The van der Waals surface area contributed by atoms with Crippen LogP contribution in [0.3, 0.4) is 0 Å². The van der Waals surface area contributed by atoms with Crippen molar-refractivity contribution in [2.45, 2.75) is 32.0 Å². The highest BCUT2D eigenvalue weighted by atomic mass is 16.3. The van der Waals surface area contributed by atoms with Gasteiger partial charge in [0.2, 0.25) is 0 Å². The third-order valence-electron chi connectivity index (χ3n) is 4.80. The molecule has 1 aromatic carbocycles. The molecule has 2 aromatic rings. The number of hydrogen-bond donors (Lipinski definition) is 1. The lowest BCUT2D eigenvalue weighted by Gasteiger charge is -2.41. The van der Waals surface area contributed by atoms with Crippen molar-refractivity contribution in [2.24, 2.45) is 0 Å². The van der Waals surface area contributed by atoms with Crippen LogP contribution in [0, 0.1) is 0 Å².